The molecule has 0 amide bonds. The van der Waals surface area contributed by atoms with Crippen LogP contribution in [0, 0.1) is 24.2 Å². The second kappa shape index (κ2) is 5.66. The lowest BCUT2D eigenvalue weighted by Crippen LogP contribution is -2.44. The molecule has 0 heterocycles. The number of hydrogen-bond donors (Lipinski definition) is 2. The van der Waals surface area contributed by atoms with Gasteiger partial charge >= 0.3 is 0 Å². The summed E-state index contributed by atoms with van der Waals surface area (Å²) in [6, 6.07) is 1.95. The second-order valence-electron chi connectivity index (χ2n) is 8.41. The van der Waals surface area contributed by atoms with E-state index in [2.05, 4.69) is 13.8 Å². The highest BCUT2D eigenvalue weighted by Crippen LogP contribution is 2.61. The number of aryl methyl sites for hydroxylation is 1. The molecule has 3 nitrogen and oxygen atoms in total. The number of ether oxygens (including phenoxy) is 1. The number of aliphatic hydroxyl groups excluding tert-OH is 1. The summed E-state index contributed by atoms with van der Waals surface area (Å²) < 4.78 is 5.75. The fraction of sp³-hybridized carbons (Fsp3) is 0.714. The van der Waals surface area contributed by atoms with Gasteiger partial charge in [0.05, 0.1) is 12.7 Å². The molecule has 0 aromatic heterocycles. The van der Waals surface area contributed by atoms with Crippen LogP contribution < -0.4 is 4.74 Å². The molecule has 5 atom stereocenters. The number of aromatic hydroxyl groups is 1. The number of benzene rings is 1. The molecule has 1 aromatic carbocycles. The van der Waals surface area contributed by atoms with Crippen LogP contribution in [0.3, 0.4) is 0 Å². The minimum absolute atomic E-state index is 0.117. The Morgan fingerprint density at radius 1 is 1.25 bits per heavy atom. The van der Waals surface area contributed by atoms with Gasteiger partial charge in [-0.15, -0.1) is 0 Å². The number of phenols is 1. The van der Waals surface area contributed by atoms with Crippen LogP contribution in [0.1, 0.15) is 68.6 Å². The molecule has 0 spiro atoms. The van der Waals surface area contributed by atoms with Crippen molar-refractivity contribution in [3.63, 3.8) is 0 Å². The zero-order valence-electron chi connectivity index (χ0n) is 15.1. The summed E-state index contributed by atoms with van der Waals surface area (Å²) in [5.74, 6) is 2.85. The molecule has 3 aliphatic carbocycles. The molecule has 0 unspecified atom stereocenters. The number of phenolic OH excluding ortho intramolecular Hbond substituents is 1. The van der Waals surface area contributed by atoms with E-state index in [-0.39, 0.29) is 11.5 Å². The summed E-state index contributed by atoms with van der Waals surface area (Å²) in [5.41, 5.74) is 4.02. The van der Waals surface area contributed by atoms with Crippen LogP contribution in [-0.4, -0.2) is 22.9 Å². The first-order valence-electron chi connectivity index (χ1n) is 9.63. The van der Waals surface area contributed by atoms with Gasteiger partial charge in [0.1, 0.15) is 0 Å². The van der Waals surface area contributed by atoms with Crippen molar-refractivity contribution < 1.29 is 14.9 Å². The predicted molar refractivity (Wildman–Crippen MR) is 94.6 cm³/mol. The number of rotatable bonds is 2. The third-order valence-corrected chi connectivity index (χ3v) is 7.43. The Bertz CT molecular complexity index is 653. The average molecular weight is 330 g/mol. The summed E-state index contributed by atoms with van der Waals surface area (Å²) in [6.07, 6.45) is 6.52. The fourth-order valence-electron chi connectivity index (χ4n) is 6.26. The van der Waals surface area contributed by atoms with Crippen molar-refractivity contribution in [2.45, 2.75) is 71.3 Å². The lowest BCUT2D eigenvalue weighted by Gasteiger charge is -2.50. The van der Waals surface area contributed by atoms with Crippen LogP contribution >= 0.6 is 0 Å². The highest BCUT2D eigenvalue weighted by molar-refractivity contribution is 5.55. The fourth-order valence-corrected chi connectivity index (χ4v) is 6.26. The zero-order valence-corrected chi connectivity index (χ0v) is 15.1. The Labute approximate surface area is 145 Å². The molecule has 0 aliphatic heterocycles. The quantitative estimate of drug-likeness (QED) is 0.849. The predicted octanol–water partition coefficient (Wildman–Crippen LogP) is 4.32. The highest BCUT2D eigenvalue weighted by atomic mass is 16.5. The van der Waals surface area contributed by atoms with E-state index in [9.17, 15) is 10.2 Å². The van der Waals surface area contributed by atoms with Crippen molar-refractivity contribution in [3.05, 3.63) is 22.8 Å². The van der Waals surface area contributed by atoms with Crippen molar-refractivity contribution in [3.8, 4) is 11.5 Å². The van der Waals surface area contributed by atoms with Crippen LogP contribution in [0.5, 0.6) is 11.5 Å². The van der Waals surface area contributed by atoms with E-state index < -0.39 is 0 Å². The molecule has 3 heteroatoms. The maximum absolute atomic E-state index is 10.5. The van der Waals surface area contributed by atoms with Crippen molar-refractivity contribution in [1.29, 1.82) is 0 Å². The number of hydrogen-bond acceptors (Lipinski definition) is 3. The van der Waals surface area contributed by atoms with Crippen LogP contribution in [0.25, 0.3) is 0 Å². The Kier molecular flexibility index (Phi) is 3.83. The Balaban J connectivity index is 1.76. The molecule has 24 heavy (non-hydrogen) atoms. The first kappa shape index (κ1) is 16.3. The monoisotopic (exact) mass is 330 g/mol. The van der Waals surface area contributed by atoms with Crippen molar-refractivity contribution in [1.82, 2.24) is 0 Å². The topological polar surface area (TPSA) is 49.7 Å². The third-order valence-electron chi connectivity index (χ3n) is 7.43. The van der Waals surface area contributed by atoms with Gasteiger partial charge in [0, 0.05) is 0 Å². The molecular formula is C21H30O3. The SMILES string of the molecule is CCOc1c(O)cc2c(c1C)[C@H]1CC[C@]3(C)[C@H](O)CC[C@H]3[C@@H]1CC2. The maximum Gasteiger partial charge on any atom is 0.164 e. The standard InChI is InChI=1S/C21H30O3/c1-4-24-20-12(2)19-13(11-17(20)22)5-6-14-15(19)9-10-21(3)16(14)7-8-18(21)23/h11,14-16,18,22-23H,4-10H2,1-3H3/t14-,15+,16+,18-,21+/m1/s1. The van der Waals surface area contributed by atoms with Gasteiger partial charge in [-0.2, -0.15) is 0 Å². The normalized spacial score (nSPS) is 37.5. The molecule has 2 saturated carbocycles. The maximum atomic E-state index is 10.5. The largest absolute Gasteiger partial charge is 0.504 e. The first-order chi connectivity index (χ1) is 11.5. The van der Waals surface area contributed by atoms with Gasteiger partial charge in [0.2, 0.25) is 0 Å². The lowest BCUT2D eigenvalue weighted by molar-refractivity contribution is -0.0227. The minimum Gasteiger partial charge on any atom is -0.504 e. The molecule has 132 valence electrons. The summed E-state index contributed by atoms with van der Waals surface area (Å²) in [7, 11) is 0. The summed E-state index contributed by atoms with van der Waals surface area (Å²) >= 11 is 0. The van der Waals surface area contributed by atoms with Crippen molar-refractivity contribution in [2.24, 2.45) is 17.3 Å². The van der Waals surface area contributed by atoms with Gasteiger partial charge < -0.3 is 14.9 Å². The van der Waals surface area contributed by atoms with Crippen LogP contribution in [0.4, 0.5) is 0 Å². The molecule has 2 fully saturated rings. The molecular weight excluding hydrogens is 300 g/mol. The van der Waals surface area contributed by atoms with E-state index in [1.807, 2.05) is 13.0 Å². The number of aliphatic hydroxyl groups is 1. The van der Waals surface area contributed by atoms with Crippen molar-refractivity contribution in [2.75, 3.05) is 6.61 Å². The Morgan fingerprint density at radius 3 is 2.79 bits per heavy atom. The second-order valence-corrected chi connectivity index (χ2v) is 8.41. The minimum atomic E-state index is -0.121. The molecule has 0 saturated heterocycles. The summed E-state index contributed by atoms with van der Waals surface area (Å²) in [5, 5.41) is 20.9. The van der Waals surface area contributed by atoms with E-state index in [4.69, 9.17) is 4.74 Å². The van der Waals surface area contributed by atoms with Crippen molar-refractivity contribution >= 4 is 0 Å². The number of fused-ring (bicyclic) bond motifs is 5. The smallest absolute Gasteiger partial charge is 0.164 e. The van der Waals surface area contributed by atoms with E-state index in [1.54, 1.807) is 0 Å². The highest BCUT2D eigenvalue weighted by Gasteiger charge is 2.54. The molecule has 1 aromatic rings. The lowest BCUT2D eigenvalue weighted by atomic mass is 9.55. The van der Waals surface area contributed by atoms with Gasteiger partial charge in [-0.25, -0.2) is 0 Å². The Hall–Kier alpha value is -1.22. The zero-order chi connectivity index (χ0) is 17.1. The van der Waals surface area contributed by atoms with E-state index in [0.717, 1.165) is 31.2 Å². The van der Waals surface area contributed by atoms with Gasteiger partial charge in [0.25, 0.3) is 0 Å². The van der Waals surface area contributed by atoms with Crippen LogP contribution in [0.2, 0.25) is 0 Å². The van der Waals surface area contributed by atoms with Gasteiger partial charge in [-0.05, 0) is 98.3 Å². The van der Waals surface area contributed by atoms with E-state index in [0.29, 0.717) is 35.9 Å². The third kappa shape index (κ3) is 2.13. The van der Waals surface area contributed by atoms with Crippen LogP contribution in [0.15, 0.2) is 6.07 Å². The van der Waals surface area contributed by atoms with E-state index >= 15 is 0 Å². The average Bonchev–Trinajstić information content (AvgIpc) is 2.86. The van der Waals surface area contributed by atoms with Gasteiger partial charge in [-0.3, -0.25) is 0 Å². The molecule has 3 aliphatic rings. The van der Waals surface area contributed by atoms with Gasteiger partial charge in [-0.1, -0.05) is 6.92 Å². The Morgan fingerprint density at radius 2 is 2.04 bits per heavy atom. The summed E-state index contributed by atoms with van der Waals surface area (Å²) in [4.78, 5) is 0. The molecule has 2 N–H and O–H groups in total. The first-order valence-corrected chi connectivity index (χ1v) is 9.63. The summed E-state index contributed by atoms with van der Waals surface area (Å²) in [6.45, 7) is 6.97. The van der Waals surface area contributed by atoms with Gasteiger partial charge in [0.15, 0.2) is 11.5 Å². The van der Waals surface area contributed by atoms with E-state index in [1.165, 1.54) is 24.0 Å². The molecule has 0 bridgehead atoms. The molecule has 4 rings (SSSR count). The molecule has 0 radical (unpaired) electrons. The van der Waals surface area contributed by atoms with Crippen LogP contribution in [-0.2, 0) is 6.42 Å².